The Balaban J connectivity index is 1.49. The average Bonchev–Trinajstić information content (AvgIpc) is 3.19. The summed E-state index contributed by atoms with van der Waals surface area (Å²) in [6.07, 6.45) is 8.16. The van der Waals surface area contributed by atoms with Crippen LogP contribution in [0.15, 0.2) is 37.1 Å². The number of carbonyl (C=O) groups excluding carboxylic acids is 1. The highest BCUT2D eigenvalue weighted by molar-refractivity contribution is 5.89. The van der Waals surface area contributed by atoms with Gasteiger partial charge in [0.05, 0.1) is 24.3 Å². The molecule has 2 amide bonds. The van der Waals surface area contributed by atoms with Crippen LogP contribution in [0.4, 0.5) is 10.5 Å². The van der Waals surface area contributed by atoms with Crippen molar-refractivity contribution in [2.45, 2.75) is 26.4 Å². The summed E-state index contributed by atoms with van der Waals surface area (Å²) in [4.78, 5) is 22.9. The van der Waals surface area contributed by atoms with Crippen molar-refractivity contribution in [1.29, 1.82) is 0 Å². The number of fused-ring (bicyclic) bond motifs is 2. The van der Waals surface area contributed by atoms with Gasteiger partial charge in [-0.2, -0.15) is 0 Å². The Labute approximate surface area is 133 Å². The van der Waals surface area contributed by atoms with Crippen molar-refractivity contribution in [3.05, 3.63) is 48.4 Å². The van der Waals surface area contributed by atoms with Crippen LogP contribution in [-0.4, -0.2) is 36.4 Å². The van der Waals surface area contributed by atoms with Crippen molar-refractivity contribution in [3.63, 3.8) is 0 Å². The summed E-state index contributed by atoms with van der Waals surface area (Å²) in [7, 11) is 0. The highest BCUT2D eigenvalue weighted by Gasteiger charge is 2.24. The van der Waals surface area contributed by atoms with E-state index in [1.807, 2.05) is 35.3 Å². The number of rotatable bonds is 2. The van der Waals surface area contributed by atoms with Crippen LogP contribution in [0.25, 0.3) is 5.65 Å². The number of imidazole rings is 2. The predicted octanol–water partition coefficient (Wildman–Crippen LogP) is 2.14. The summed E-state index contributed by atoms with van der Waals surface area (Å²) in [5.74, 6) is 0. The normalized spacial score (nSPS) is 14.0. The van der Waals surface area contributed by atoms with E-state index in [9.17, 15) is 4.79 Å². The third-order valence-electron chi connectivity index (χ3n) is 4.26. The molecule has 3 aromatic heterocycles. The van der Waals surface area contributed by atoms with Crippen LogP contribution in [0.1, 0.15) is 18.3 Å². The largest absolute Gasteiger partial charge is 0.334 e. The lowest BCUT2D eigenvalue weighted by Crippen LogP contribution is -2.39. The maximum atomic E-state index is 12.5. The smallest absolute Gasteiger partial charge is 0.322 e. The minimum Gasteiger partial charge on any atom is -0.334 e. The molecule has 0 saturated heterocycles. The van der Waals surface area contributed by atoms with Crippen molar-refractivity contribution in [3.8, 4) is 0 Å². The molecule has 1 aliphatic rings. The molecule has 0 unspecified atom stereocenters. The number of nitrogens with one attached hydrogen (secondary N) is 1. The third-order valence-corrected chi connectivity index (χ3v) is 4.26. The molecule has 3 aromatic rings. The molecule has 4 rings (SSSR count). The fraction of sp³-hybridized carbons (Fsp3) is 0.312. The van der Waals surface area contributed by atoms with E-state index in [4.69, 9.17) is 0 Å². The molecule has 0 spiro atoms. The van der Waals surface area contributed by atoms with E-state index in [1.54, 1.807) is 11.1 Å². The van der Waals surface area contributed by atoms with E-state index in [1.165, 1.54) is 5.69 Å². The fourth-order valence-electron chi connectivity index (χ4n) is 3.01. The molecule has 1 aliphatic heterocycles. The van der Waals surface area contributed by atoms with Crippen LogP contribution >= 0.6 is 0 Å². The Morgan fingerprint density at radius 1 is 1.35 bits per heavy atom. The molecule has 118 valence electrons. The molecule has 4 heterocycles. The Morgan fingerprint density at radius 2 is 2.26 bits per heavy atom. The zero-order chi connectivity index (χ0) is 15.8. The molecule has 0 radical (unpaired) electrons. The van der Waals surface area contributed by atoms with Crippen molar-refractivity contribution in [2.75, 3.05) is 11.9 Å². The fourth-order valence-corrected chi connectivity index (χ4v) is 3.01. The molecule has 0 atom stereocenters. The zero-order valence-electron chi connectivity index (χ0n) is 12.9. The van der Waals surface area contributed by atoms with E-state index in [0.29, 0.717) is 13.1 Å². The predicted molar refractivity (Wildman–Crippen MR) is 86.2 cm³/mol. The Hall–Kier alpha value is -2.83. The van der Waals surface area contributed by atoms with Gasteiger partial charge in [0.25, 0.3) is 0 Å². The first-order valence-corrected chi connectivity index (χ1v) is 7.76. The average molecular weight is 310 g/mol. The van der Waals surface area contributed by atoms with Gasteiger partial charge in [0.15, 0.2) is 0 Å². The number of carbonyl (C=O) groups is 1. The summed E-state index contributed by atoms with van der Waals surface area (Å²) in [5, 5.41) is 2.95. The van der Waals surface area contributed by atoms with E-state index >= 15 is 0 Å². The second-order valence-electron chi connectivity index (χ2n) is 5.64. The van der Waals surface area contributed by atoms with E-state index in [-0.39, 0.29) is 6.03 Å². The number of aromatic nitrogens is 4. The molecule has 7 heteroatoms. The molecule has 0 bridgehead atoms. The summed E-state index contributed by atoms with van der Waals surface area (Å²) in [6.45, 7) is 4.28. The van der Waals surface area contributed by atoms with Crippen LogP contribution in [0.2, 0.25) is 0 Å². The number of nitrogens with zero attached hydrogens (tertiary/aromatic N) is 5. The number of pyridine rings is 1. The number of aryl methyl sites for hydroxylation is 1. The minimum atomic E-state index is -0.0961. The van der Waals surface area contributed by atoms with Crippen LogP contribution in [-0.2, 0) is 19.5 Å². The van der Waals surface area contributed by atoms with Crippen LogP contribution in [0.5, 0.6) is 0 Å². The van der Waals surface area contributed by atoms with Crippen LogP contribution in [0, 0.1) is 0 Å². The van der Waals surface area contributed by atoms with Crippen molar-refractivity contribution in [2.24, 2.45) is 0 Å². The molecule has 0 fully saturated rings. The van der Waals surface area contributed by atoms with Gasteiger partial charge >= 0.3 is 6.03 Å². The SMILES string of the molecule is CCn1cnc2c1CCN(C(=O)Nc1ccc3nccn3c1)C2. The Morgan fingerprint density at radius 3 is 3.13 bits per heavy atom. The molecule has 23 heavy (non-hydrogen) atoms. The lowest BCUT2D eigenvalue weighted by Gasteiger charge is -2.27. The van der Waals surface area contributed by atoms with Gasteiger partial charge in [0.2, 0.25) is 0 Å². The maximum absolute atomic E-state index is 12.5. The summed E-state index contributed by atoms with van der Waals surface area (Å²) >= 11 is 0. The third kappa shape index (κ3) is 2.44. The molecule has 0 aliphatic carbocycles. The van der Waals surface area contributed by atoms with Gasteiger partial charge in [-0.15, -0.1) is 0 Å². The molecule has 1 N–H and O–H groups in total. The molecule has 0 saturated carbocycles. The van der Waals surface area contributed by atoms with Gasteiger partial charge in [-0.25, -0.2) is 14.8 Å². The van der Waals surface area contributed by atoms with E-state index in [2.05, 4.69) is 26.8 Å². The topological polar surface area (TPSA) is 67.5 Å². The van der Waals surface area contributed by atoms with E-state index < -0.39 is 0 Å². The lowest BCUT2D eigenvalue weighted by molar-refractivity contribution is 0.205. The van der Waals surface area contributed by atoms with Crippen LogP contribution in [0.3, 0.4) is 0 Å². The summed E-state index contributed by atoms with van der Waals surface area (Å²) in [5.41, 5.74) is 3.86. The number of anilines is 1. The van der Waals surface area contributed by atoms with Gasteiger partial charge in [0.1, 0.15) is 5.65 Å². The Bertz CT molecular complexity index is 864. The molecular weight excluding hydrogens is 292 g/mol. The standard InChI is InChI=1S/C16H18N6O/c1-2-20-11-18-13-10-22(7-5-14(13)20)16(23)19-12-3-4-15-17-6-8-21(15)9-12/h3-4,6,8-9,11H,2,5,7,10H2,1H3,(H,19,23). The lowest BCUT2D eigenvalue weighted by atomic mass is 10.1. The number of hydrogen-bond acceptors (Lipinski definition) is 3. The van der Waals surface area contributed by atoms with E-state index in [0.717, 1.165) is 30.0 Å². The van der Waals surface area contributed by atoms with Crippen molar-refractivity contribution < 1.29 is 4.79 Å². The van der Waals surface area contributed by atoms with Gasteiger partial charge in [0, 0.05) is 43.8 Å². The summed E-state index contributed by atoms with van der Waals surface area (Å²) in [6, 6.07) is 3.65. The zero-order valence-corrected chi connectivity index (χ0v) is 12.9. The quantitative estimate of drug-likeness (QED) is 0.788. The van der Waals surface area contributed by atoms with Gasteiger partial charge in [-0.3, -0.25) is 0 Å². The molecular formula is C16H18N6O. The first-order chi connectivity index (χ1) is 11.2. The summed E-state index contributed by atoms with van der Waals surface area (Å²) < 4.78 is 4.03. The van der Waals surface area contributed by atoms with Gasteiger partial charge in [-0.05, 0) is 19.1 Å². The highest BCUT2D eigenvalue weighted by atomic mass is 16.2. The highest BCUT2D eigenvalue weighted by Crippen LogP contribution is 2.19. The second kappa shape index (κ2) is 5.42. The van der Waals surface area contributed by atoms with Crippen molar-refractivity contribution >= 4 is 17.4 Å². The van der Waals surface area contributed by atoms with Gasteiger partial charge < -0.3 is 19.2 Å². The van der Waals surface area contributed by atoms with Crippen molar-refractivity contribution in [1.82, 2.24) is 23.8 Å². The number of hydrogen-bond donors (Lipinski definition) is 1. The number of amides is 2. The minimum absolute atomic E-state index is 0.0961. The maximum Gasteiger partial charge on any atom is 0.322 e. The van der Waals surface area contributed by atoms with Gasteiger partial charge in [-0.1, -0.05) is 0 Å². The van der Waals surface area contributed by atoms with Crippen LogP contribution < -0.4 is 5.32 Å². The molecule has 7 nitrogen and oxygen atoms in total. The monoisotopic (exact) mass is 310 g/mol. The Kier molecular flexibility index (Phi) is 3.25. The first-order valence-electron chi connectivity index (χ1n) is 7.76. The number of urea groups is 1. The first kappa shape index (κ1) is 13.8. The molecule has 0 aromatic carbocycles. The second-order valence-corrected chi connectivity index (χ2v) is 5.64.